The topological polar surface area (TPSA) is 102 Å². The van der Waals surface area contributed by atoms with Crippen LogP contribution in [0.25, 0.3) is 5.57 Å². The van der Waals surface area contributed by atoms with Crippen LogP contribution in [0.5, 0.6) is 5.75 Å². The van der Waals surface area contributed by atoms with Crippen molar-refractivity contribution in [1.29, 1.82) is 0 Å². The minimum atomic E-state index is -0.897. The number of thiophene rings is 1. The number of aliphatic hydroxyl groups excluding tert-OH is 1. The van der Waals surface area contributed by atoms with E-state index >= 15 is 0 Å². The zero-order valence-electron chi connectivity index (χ0n) is 18.0. The highest BCUT2D eigenvalue weighted by molar-refractivity contribution is 7.07. The Hall–Kier alpha value is -3.01. The van der Waals surface area contributed by atoms with Gasteiger partial charge in [-0.2, -0.15) is 11.3 Å². The van der Waals surface area contributed by atoms with Gasteiger partial charge in [0.25, 0.3) is 5.91 Å². The summed E-state index contributed by atoms with van der Waals surface area (Å²) in [4.78, 5) is 23.6. The van der Waals surface area contributed by atoms with Crippen molar-refractivity contribution in [2.24, 2.45) is 5.73 Å². The van der Waals surface area contributed by atoms with Crippen molar-refractivity contribution in [1.82, 2.24) is 14.9 Å². The molecule has 0 spiro atoms. The highest BCUT2D eigenvalue weighted by Gasteiger charge is 2.30. The van der Waals surface area contributed by atoms with E-state index in [9.17, 15) is 14.3 Å². The number of nitrogens with zero attached hydrogens (tertiary/aromatic N) is 3. The summed E-state index contributed by atoms with van der Waals surface area (Å²) in [6, 6.07) is 5.47. The molecule has 10 heteroatoms. The van der Waals surface area contributed by atoms with Gasteiger partial charge in [-0.25, -0.2) is 14.4 Å². The van der Waals surface area contributed by atoms with Crippen LogP contribution in [-0.4, -0.2) is 45.6 Å². The molecule has 7 nitrogen and oxygen atoms in total. The van der Waals surface area contributed by atoms with Crippen LogP contribution in [0.4, 0.5) is 4.39 Å². The van der Waals surface area contributed by atoms with Gasteiger partial charge in [0, 0.05) is 17.3 Å². The zero-order chi connectivity index (χ0) is 23.7. The number of rotatable bonds is 6. The van der Waals surface area contributed by atoms with Gasteiger partial charge in [-0.3, -0.25) is 4.79 Å². The summed E-state index contributed by atoms with van der Waals surface area (Å²) in [7, 11) is 0. The third kappa shape index (κ3) is 4.85. The lowest BCUT2D eigenvalue weighted by molar-refractivity contribution is 0.0782. The van der Waals surface area contributed by atoms with Gasteiger partial charge < -0.3 is 20.5 Å². The zero-order valence-corrected chi connectivity index (χ0v) is 19.6. The molecular formula is C23H22ClFN4O3S. The number of hydrogen-bond donors (Lipinski definition) is 2. The van der Waals surface area contributed by atoms with E-state index in [-0.39, 0.29) is 36.9 Å². The first-order valence-corrected chi connectivity index (χ1v) is 11.5. The third-order valence-electron chi connectivity index (χ3n) is 5.34. The Morgan fingerprint density at radius 3 is 2.70 bits per heavy atom. The van der Waals surface area contributed by atoms with Crippen LogP contribution >= 0.6 is 22.9 Å². The number of ether oxygens (including phenoxy) is 1. The number of carbonyl (C=O) groups excluding carboxylic acids is 1. The van der Waals surface area contributed by atoms with Crippen LogP contribution in [0, 0.1) is 19.7 Å². The number of nitrogens with two attached hydrogens (primary N) is 1. The molecule has 0 radical (unpaired) electrons. The van der Waals surface area contributed by atoms with Gasteiger partial charge in [0.1, 0.15) is 24.3 Å². The lowest BCUT2D eigenvalue weighted by Crippen LogP contribution is -2.30. The van der Waals surface area contributed by atoms with Crippen LogP contribution in [0.2, 0.25) is 5.02 Å². The maximum atomic E-state index is 13.9. The van der Waals surface area contributed by atoms with Gasteiger partial charge >= 0.3 is 0 Å². The summed E-state index contributed by atoms with van der Waals surface area (Å²) in [5.74, 6) is -0.449. The Kier molecular flexibility index (Phi) is 6.64. The van der Waals surface area contributed by atoms with Crippen molar-refractivity contribution in [3.05, 3.63) is 79.9 Å². The molecule has 0 saturated carbocycles. The molecule has 3 aromatic rings. The molecule has 0 aliphatic carbocycles. The van der Waals surface area contributed by atoms with Crippen LogP contribution in [0.15, 0.2) is 40.7 Å². The number of carbonyl (C=O) groups is 1. The number of benzene rings is 1. The van der Waals surface area contributed by atoms with E-state index in [1.807, 2.05) is 5.38 Å². The predicted octanol–water partition coefficient (Wildman–Crippen LogP) is 3.89. The first kappa shape index (κ1) is 23.2. The maximum absolute atomic E-state index is 13.9. The van der Waals surface area contributed by atoms with Crippen LogP contribution in [0.1, 0.15) is 39.2 Å². The summed E-state index contributed by atoms with van der Waals surface area (Å²) >= 11 is 7.62. The van der Waals surface area contributed by atoms with Crippen molar-refractivity contribution in [2.45, 2.75) is 20.0 Å². The van der Waals surface area contributed by atoms with E-state index < -0.39 is 11.9 Å². The van der Waals surface area contributed by atoms with Crippen molar-refractivity contribution in [2.75, 3.05) is 19.7 Å². The molecular weight excluding hydrogens is 467 g/mol. The molecule has 1 amide bonds. The molecule has 1 aliphatic rings. The van der Waals surface area contributed by atoms with Crippen molar-refractivity contribution in [3.63, 3.8) is 0 Å². The number of halogens is 2. The van der Waals surface area contributed by atoms with E-state index in [0.29, 0.717) is 39.1 Å². The largest absolute Gasteiger partial charge is 0.490 e. The Morgan fingerprint density at radius 2 is 2.03 bits per heavy atom. The lowest BCUT2D eigenvalue weighted by Gasteiger charge is -2.19. The molecule has 0 fully saturated rings. The van der Waals surface area contributed by atoms with Crippen molar-refractivity contribution >= 4 is 34.4 Å². The first-order chi connectivity index (χ1) is 15.7. The summed E-state index contributed by atoms with van der Waals surface area (Å²) in [5, 5.41) is 14.4. The number of amides is 1. The van der Waals surface area contributed by atoms with Crippen LogP contribution in [0.3, 0.4) is 0 Å². The van der Waals surface area contributed by atoms with Gasteiger partial charge in [-0.1, -0.05) is 11.6 Å². The molecule has 0 bridgehead atoms. The standard InChI is InChI=1S/C23H22ClFN4O3S/c1-12-21(24)13(2)28-22(27-12)17-8-29(9-18(17)26)23(31)16-4-3-15(25)7-20(16)32-10-19(30)14-5-6-33-11-14/h3-7,11,19,30H,8-10,26H2,1-2H3. The SMILES string of the molecule is Cc1nc(C2=C(N)CN(C(=O)c3ccc(F)cc3OCC(O)c3ccsc3)C2)nc(C)c1Cl. The fourth-order valence-electron chi connectivity index (χ4n) is 3.54. The van der Waals surface area contributed by atoms with Gasteiger partial charge in [0.15, 0.2) is 5.82 Å². The Labute approximate surface area is 199 Å². The average molecular weight is 489 g/mol. The highest BCUT2D eigenvalue weighted by atomic mass is 35.5. The summed E-state index contributed by atoms with van der Waals surface area (Å²) in [6.45, 7) is 3.80. The molecule has 0 saturated heterocycles. The van der Waals surface area contributed by atoms with Crippen molar-refractivity contribution in [3.8, 4) is 5.75 Å². The smallest absolute Gasteiger partial charge is 0.258 e. The fourth-order valence-corrected chi connectivity index (χ4v) is 4.33. The van der Waals surface area contributed by atoms with Crippen LogP contribution < -0.4 is 10.5 Å². The number of aryl methyl sites for hydroxylation is 2. The molecule has 1 unspecified atom stereocenters. The Bertz CT molecular complexity index is 1210. The van der Waals surface area contributed by atoms with E-state index in [2.05, 4.69) is 9.97 Å². The molecule has 1 aromatic carbocycles. The molecule has 172 valence electrons. The van der Waals surface area contributed by atoms with E-state index in [1.54, 1.807) is 25.3 Å². The minimum Gasteiger partial charge on any atom is -0.490 e. The van der Waals surface area contributed by atoms with Gasteiger partial charge in [-0.05, 0) is 48.4 Å². The predicted molar refractivity (Wildman–Crippen MR) is 125 cm³/mol. The lowest BCUT2D eigenvalue weighted by atomic mass is 10.1. The first-order valence-electron chi connectivity index (χ1n) is 10.1. The quantitative estimate of drug-likeness (QED) is 0.546. The monoisotopic (exact) mass is 488 g/mol. The molecule has 1 aliphatic heterocycles. The number of aromatic nitrogens is 2. The maximum Gasteiger partial charge on any atom is 0.258 e. The van der Waals surface area contributed by atoms with Gasteiger partial charge in [0.2, 0.25) is 0 Å². The normalized spacial score (nSPS) is 14.6. The Morgan fingerprint density at radius 1 is 1.30 bits per heavy atom. The van der Waals surface area contributed by atoms with Gasteiger partial charge in [0.05, 0.1) is 35.1 Å². The number of aliphatic hydroxyl groups is 1. The average Bonchev–Trinajstić information content (AvgIpc) is 3.45. The van der Waals surface area contributed by atoms with E-state index in [0.717, 1.165) is 6.07 Å². The Balaban J connectivity index is 1.53. The second kappa shape index (κ2) is 9.46. The molecule has 1 atom stereocenters. The molecule has 3 heterocycles. The molecule has 33 heavy (non-hydrogen) atoms. The minimum absolute atomic E-state index is 0.0516. The third-order valence-corrected chi connectivity index (χ3v) is 6.58. The van der Waals surface area contributed by atoms with E-state index in [1.165, 1.54) is 28.4 Å². The number of hydrogen-bond acceptors (Lipinski definition) is 7. The summed E-state index contributed by atoms with van der Waals surface area (Å²) in [5.41, 5.74) is 9.46. The van der Waals surface area contributed by atoms with Crippen molar-refractivity contribution < 1.29 is 19.0 Å². The molecule has 4 rings (SSSR count). The fraction of sp³-hybridized carbons (Fsp3) is 0.261. The second-order valence-electron chi connectivity index (χ2n) is 7.72. The second-order valence-corrected chi connectivity index (χ2v) is 8.88. The molecule has 2 aromatic heterocycles. The van der Waals surface area contributed by atoms with E-state index in [4.69, 9.17) is 22.1 Å². The van der Waals surface area contributed by atoms with Crippen LogP contribution in [-0.2, 0) is 0 Å². The summed E-state index contributed by atoms with van der Waals surface area (Å²) in [6.07, 6.45) is -0.897. The summed E-state index contributed by atoms with van der Waals surface area (Å²) < 4.78 is 19.6. The molecule has 3 N–H and O–H groups in total. The van der Waals surface area contributed by atoms with Gasteiger partial charge in [-0.15, -0.1) is 0 Å². The highest BCUT2D eigenvalue weighted by Crippen LogP contribution is 2.29.